The second kappa shape index (κ2) is 5.35. The number of halogens is 1. The van der Waals surface area contributed by atoms with Crippen molar-refractivity contribution in [3.8, 4) is 0 Å². The van der Waals surface area contributed by atoms with E-state index in [0.29, 0.717) is 6.54 Å². The van der Waals surface area contributed by atoms with Crippen molar-refractivity contribution in [3.05, 3.63) is 34.2 Å². The largest absolute Gasteiger partial charge is 0.481 e. The van der Waals surface area contributed by atoms with Crippen molar-refractivity contribution >= 4 is 39.0 Å². The van der Waals surface area contributed by atoms with Crippen molar-refractivity contribution in [3.63, 3.8) is 0 Å². The molecule has 0 radical (unpaired) electrons. The van der Waals surface area contributed by atoms with Gasteiger partial charge in [-0.1, -0.05) is 36.7 Å². The number of carbonyl (C=O) groups is 1. The third-order valence-corrected chi connectivity index (χ3v) is 5.67. The molecule has 5 heteroatoms. The monoisotopic (exact) mass is 309 g/mol. The molecule has 1 aliphatic heterocycles. The van der Waals surface area contributed by atoms with Crippen LogP contribution in [0, 0.1) is 11.8 Å². The Bertz CT molecular complexity index is 654. The molecule has 2 aromatic rings. The first-order valence-electron chi connectivity index (χ1n) is 6.67. The maximum atomic E-state index is 11.2. The smallest absolute Gasteiger partial charge is 0.308 e. The molecular formula is C15H16ClNO2S. The molecule has 0 aliphatic carbocycles. The average molecular weight is 310 g/mol. The Morgan fingerprint density at radius 3 is 2.85 bits per heavy atom. The van der Waals surface area contributed by atoms with Gasteiger partial charge in [0.15, 0.2) is 0 Å². The van der Waals surface area contributed by atoms with Crippen molar-refractivity contribution in [2.24, 2.45) is 11.8 Å². The van der Waals surface area contributed by atoms with E-state index in [1.165, 1.54) is 4.70 Å². The van der Waals surface area contributed by atoms with Crippen LogP contribution in [0.25, 0.3) is 10.1 Å². The van der Waals surface area contributed by atoms with E-state index in [9.17, 15) is 9.90 Å². The summed E-state index contributed by atoms with van der Waals surface area (Å²) in [7, 11) is 0. The van der Waals surface area contributed by atoms with Gasteiger partial charge in [-0.15, -0.1) is 11.3 Å². The van der Waals surface area contributed by atoms with Gasteiger partial charge in [0.1, 0.15) is 0 Å². The van der Waals surface area contributed by atoms with Gasteiger partial charge in [-0.2, -0.15) is 0 Å². The molecule has 0 bridgehead atoms. The molecule has 0 saturated carbocycles. The molecule has 1 saturated heterocycles. The van der Waals surface area contributed by atoms with E-state index in [1.54, 1.807) is 11.3 Å². The Morgan fingerprint density at radius 2 is 2.20 bits per heavy atom. The molecule has 0 spiro atoms. The van der Waals surface area contributed by atoms with Gasteiger partial charge in [-0.3, -0.25) is 9.69 Å². The lowest BCUT2D eigenvalue weighted by Crippen LogP contribution is -2.22. The normalized spacial score (nSPS) is 23.5. The summed E-state index contributed by atoms with van der Waals surface area (Å²) < 4.78 is 1.19. The number of carboxylic acid groups (broad SMARTS) is 1. The third kappa shape index (κ3) is 2.43. The molecule has 1 N–H and O–H groups in total. The molecular weight excluding hydrogens is 294 g/mol. The highest BCUT2D eigenvalue weighted by Crippen LogP contribution is 2.37. The van der Waals surface area contributed by atoms with Crippen LogP contribution in [-0.4, -0.2) is 29.1 Å². The summed E-state index contributed by atoms with van der Waals surface area (Å²) in [6.07, 6.45) is 0. The minimum absolute atomic E-state index is 0.195. The lowest BCUT2D eigenvalue weighted by molar-refractivity contribution is -0.142. The molecule has 2 atom stereocenters. The van der Waals surface area contributed by atoms with Crippen molar-refractivity contribution in [1.29, 1.82) is 0 Å². The van der Waals surface area contributed by atoms with Crippen LogP contribution in [0.1, 0.15) is 11.8 Å². The number of thiophene rings is 1. The predicted molar refractivity (Wildman–Crippen MR) is 82.4 cm³/mol. The number of rotatable bonds is 3. The van der Waals surface area contributed by atoms with Crippen LogP contribution in [0.4, 0.5) is 0 Å². The Balaban J connectivity index is 1.81. The lowest BCUT2D eigenvalue weighted by atomic mass is 9.99. The van der Waals surface area contributed by atoms with Gasteiger partial charge in [0.05, 0.1) is 10.9 Å². The number of aliphatic carboxylic acids is 1. The molecule has 1 aromatic carbocycles. The number of fused-ring (bicyclic) bond motifs is 1. The Morgan fingerprint density at radius 1 is 1.45 bits per heavy atom. The van der Waals surface area contributed by atoms with Crippen LogP contribution in [0.3, 0.4) is 0 Å². The third-order valence-electron chi connectivity index (χ3n) is 3.97. The second-order valence-corrected chi connectivity index (χ2v) is 6.97. The molecule has 1 aromatic heterocycles. The quantitative estimate of drug-likeness (QED) is 0.939. The number of carboxylic acids is 1. The summed E-state index contributed by atoms with van der Waals surface area (Å²) in [6.45, 7) is 4.18. The van der Waals surface area contributed by atoms with Crippen molar-refractivity contribution in [2.45, 2.75) is 13.5 Å². The van der Waals surface area contributed by atoms with E-state index in [-0.39, 0.29) is 11.8 Å². The first-order valence-corrected chi connectivity index (χ1v) is 7.86. The van der Waals surface area contributed by atoms with Crippen molar-refractivity contribution in [1.82, 2.24) is 4.90 Å². The first-order chi connectivity index (χ1) is 9.56. The SMILES string of the molecule is CC1CN(Cc2sc3ccccc3c2Cl)CC1C(=O)O. The van der Waals surface area contributed by atoms with E-state index in [4.69, 9.17) is 11.6 Å². The zero-order valence-electron chi connectivity index (χ0n) is 11.2. The maximum absolute atomic E-state index is 11.2. The molecule has 20 heavy (non-hydrogen) atoms. The van der Waals surface area contributed by atoms with Gasteiger partial charge in [0, 0.05) is 34.6 Å². The summed E-state index contributed by atoms with van der Waals surface area (Å²) in [5, 5.41) is 11.1. The number of hydrogen-bond acceptors (Lipinski definition) is 3. The minimum atomic E-state index is -0.692. The standard InChI is InChI=1S/C15H16ClNO2S/c1-9-6-17(7-11(9)15(18)19)8-13-14(16)10-4-2-3-5-12(10)20-13/h2-5,9,11H,6-8H2,1H3,(H,18,19). The molecule has 2 unspecified atom stereocenters. The summed E-state index contributed by atoms with van der Waals surface area (Å²) >= 11 is 8.14. The minimum Gasteiger partial charge on any atom is -0.481 e. The summed E-state index contributed by atoms with van der Waals surface area (Å²) in [5.41, 5.74) is 0. The fourth-order valence-electron chi connectivity index (χ4n) is 2.89. The molecule has 3 nitrogen and oxygen atoms in total. The van der Waals surface area contributed by atoms with Gasteiger partial charge >= 0.3 is 5.97 Å². The molecule has 3 rings (SSSR count). The summed E-state index contributed by atoms with van der Waals surface area (Å²) in [4.78, 5) is 14.5. The second-order valence-electron chi connectivity index (χ2n) is 5.45. The molecule has 106 valence electrons. The highest BCUT2D eigenvalue weighted by molar-refractivity contribution is 7.19. The van der Waals surface area contributed by atoms with E-state index < -0.39 is 5.97 Å². The average Bonchev–Trinajstić information content (AvgIpc) is 2.92. The van der Waals surface area contributed by atoms with E-state index in [0.717, 1.165) is 28.4 Å². The van der Waals surface area contributed by atoms with Gasteiger partial charge in [-0.05, 0) is 12.0 Å². The zero-order chi connectivity index (χ0) is 14.3. The Hall–Kier alpha value is -1.10. The first kappa shape index (κ1) is 13.9. The fourth-order valence-corrected chi connectivity index (χ4v) is 4.42. The predicted octanol–water partition coefficient (Wildman–Crippen LogP) is 3.71. The van der Waals surface area contributed by atoms with E-state index >= 15 is 0 Å². The van der Waals surface area contributed by atoms with Crippen LogP contribution >= 0.6 is 22.9 Å². The zero-order valence-corrected chi connectivity index (χ0v) is 12.7. The fraction of sp³-hybridized carbons (Fsp3) is 0.400. The number of nitrogens with zero attached hydrogens (tertiary/aromatic N) is 1. The number of hydrogen-bond donors (Lipinski definition) is 1. The molecule has 1 fully saturated rings. The van der Waals surface area contributed by atoms with Crippen LogP contribution in [0.15, 0.2) is 24.3 Å². The summed E-state index contributed by atoms with van der Waals surface area (Å²) in [6, 6.07) is 8.10. The highest BCUT2D eigenvalue weighted by Gasteiger charge is 2.34. The van der Waals surface area contributed by atoms with Gasteiger partial charge in [-0.25, -0.2) is 0 Å². The van der Waals surface area contributed by atoms with E-state index in [2.05, 4.69) is 11.0 Å². The van der Waals surface area contributed by atoms with Crippen LogP contribution < -0.4 is 0 Å². The Labute approximate surface area is 126 Å². The number of likely N-dealkylation sites (tertiary alicyclic amines) is 1. The highest BCUT2D eigenvalue weighted by atomic mass is 35.5. The maximum Gasteiger partial charge on any atom is 0.308 e. The van der Waals surface area contributed by atoms with Crippen LogP contribution in [0.5, 0.6) is 0 Å². The van der Waals surface area contributed by atoms with Gasteiger partial charge < -0.3 is 5.11 Å². The summed E-state index contributed by atoms with van der Waals surface area (Å²) in [5.74, 6) is -0.758. The van der Waals surface area contributed by atoms with Gasteiger partial charge in [0.2, 0.25) is 0 Å². The van der Waals surface area contributed by atoms with Crippen LogP contribution in [-0.2, 0) is 11.3 Å². The number of benzene rings is 1. The molecule has 1 aliphatic rings. The van der Waals surface area contributed by atoms with Crippen molar-refractivity contribution in [2.75, 3.05) is 13.1 Å². The topological polar surface area (TPSA) is 40.5 Å². The Kier molecular flexibility index (Phi) is 3.71. The molecule has 0 amide bonds. The van der Waals surface area contributed by atoms with E-state index in [1.807, 2.05) is 25.1 Å². The van der Waals surface area contributed by atoms with Crippen LogP contribution in [0.2, 0.25) is 5.02 Å². The lowest BCUT2D eigenvalue weighted by Gasteiger charge is -2.14. The van der Waals surface area contributed by atoms with Crippen molar-refractivity contribution < 1.29 is 9.90 Å². The molecule has 2 heterocycles. The van der Waals surface area contributed by atoms with Gasteiger partial charge in [0.25, 0.3) is 0 Å².